The Hall–Kier alpha value is -2.17. The molecule has 0 atom stereocenters. The summed E-state index contributed by atoms with van der Waals surface area (Å²) in [7, 11) is 0. The molecule has 0 aliphatic rings. The van der Waals surface area contributed by atoms with Crippen molar-refractivity contribution in [2.75, 3.05) is 11.9 Å². The molecule has 0 bridgehead atoms. The van der Waals surface area contributed by atoms with E-state index in [4.69, 9.17) is 0 Å². The molecule has 0 aliphatic heterocycles. The quantitative estimate of drug-likeness (QED) is 0.594. The normalized spacial score (nSPS) is 10.9. The lowest BCUT2D eigenvalue weighted by Gasteiger charge is -2.04. The van der Waals surface area contributed by atoms with E-state index in [0.29, 0.717) is 0 Å². The van der Waals surface area contributed by atoms with E-state index in [2.05, 4.69) is 32.7 Å². The van der Waals surface area contributed by atoms with Crippen molar-refractivity contribution in [3.05, 3.63) is 36.7 Å². The predicted octanol–water partition coefficient (Wildman–Crippen LogP) is 4.04. The average molecular weight is 243 g/mol. The molecule has 94 valence electrons. The van der Waals surface area contributed by atoms with E-state index >= 15 is 0 Å². The summed E-state index contributed by atoms with van der Waals surface area (Å²) in [5.41, 5.74) is 2.67. The Morgan fingerprint density at radius 2 is 1.94 bits per heavy atom. The summed E-state index contributed by atoms with van der Waals surface area (Å²) in [6, 6.07) is 7.91. The van der Waals surface area contributed by atoms with Gasteiger partial charge >= 0.3 is 0 Å². The highest BCUT2D eigenvalue weighted by molar-refractivity contribution is 5.50. The topological polar surface area (TPSA) is 65.4 Å². The van der Waals surface area contributed by atoms with Crippen molar-refractivity contribution in [2.45, 2.75) is 19.8 Å². The second-order valence-corrected chi connectivity index (χ2v) is 3.98. The average Bonchev–Trinajstić information content (AvgIpc) is 2.91. The van der Waals surface area contributed by atoms with Gasteiger partial charge in [0.25, 0.3) is 0 Å². The zero-order chi connectivity index (χ0) is 12.6. The summed E-state index contributed by atoms with van der Waals surface area (Å²) in [5.74, 6) is 0. The number of aromatic amines is 1. The van der Waals surface area contributed by atoms with Crippen molar-refractivity contribution >= 4 is 17.1 Å². The fourth-order valence-electron chi connectivity index (χ4n) is 1.47. The molecular formula is C13H17N5. The van der Waals surface area contributed by atoms with Crippen LogP contribution in [0, 0.1) is 0 Å². The number of aromatic nitrogens is 2. The molecule has 18 heavy (non-hydrogen) atoms. The molecule has 1 aromatic carbocycles. The van der Waals surface area contributed by atoms with Gasteiger partial charge in [-0.25, -0.2) is 0 Å². The van der Waals surface area contributed by atoms with Crippen LogP contribution in [0.3, 0.4) is 0 Å². The first kappa shape index (κ1) is 12.3. The Morgan fingerprint density at radius 1 is 1.17 bits per heavy atom. The number of nitrogens with zero attached hydrogens (tertiary/aromatic N) is 3. The molecule has 2 rings (SSSR count). The number of benzene rings is 1. The highest BCUT2D eigenvalue weighted by Crippen LogP contribution is 2.19. The molecule has 1 aromatic heterocycles. The standard InChI is InChI=1S/C13H17N5/c1-2-3-8-14-11-4-6-12(7-5-11)17-18-13-9-15-16-10-13/h4-7,9-10,14H,2-3,8H2,1H3,(H,15,16). The van der Waals surface area contributed by atoms with E-state index in [1.165, 1.54) is 12.8 Å². The Labute approximate surface area is 106 Å². The van der Waals surface area contributed by atoms with Gasteiger partial charge < -0.3 is 5.32 Å². The van der Waals surface area contributed by atoms with Crippen LogP contribution in [0.5, 0.6) is 0 Å². The summed E-state index contributed by atoms with van der Waals surface area (Å²) in [6.45, 7) is 3.19. The SMILES string of the molecule is CCCCNc1ccc(N=Nc2cn[nH]c2)cc1. The van der Waals surface area contributed by atoms with Crippen molar-refractivity contribution in [1.29, 1.82) is 0 Å². The molecule has 0 unspecified atom stereocenters. The van der Waals surface area contributed by atoms with Gasteiger partial charge in [0.05, 0.1) is 11.9 Å². The number of rotatable bonds is 6. The van der Waals surface area contributed by atoms with E-state index in [-0.39, 0.29) is 0 Å². The van der Waals surface area contributed by atoms with Crippen LogP contribution < -0.4 is 5.32 Å². The van der Waals surface area contributed by atoms with Crippen molar-refractivity contribution in [3.63, 3.8) is 0 Å². The van der Waals surface area contributed by atoms with E-state index in [9.17, 15) is 0 Å². The molecule has 2 N–H and O–H groups in total. The first-order chi connectivity index (χ1) is 8.88. The number of nitrogens with one attached hydrogen (secondary N) is 2. The number of azo groups is 1. The highest BCUT2D eigenvalue weighted by atomic mass is 15.2. The first-order valence-electron chi connectivity index (χ1n) is 6.13. The van der Waals surface area contributed by atoms with Gasteiger partial charge in [-0.1, -0.05) is 13.3 Å². The van der Waals surface area contributed by atoms with Crippen LogP contribution >= 0.6 is 0 Å². The van der Waals surface area contributed by atoms with Crippen LogP contribution in [0.2, 0.25) is 0 Å². The molecule has 0 spiro atoms. The molecule has 0 amide bonds. The molecule has 0 radical (unpaired) electrons. The molecule has 1 heterocycles. The van der Waals surface area contributed by atoms with Crippen molar-refractivity contribution in [3.8, 4) is 0 Å². The number of hydrogen-bond acceptors (Lipinski definition) is 4. The molecule has 5 nitrogen and oxygen atoms in total. The van der Waals surface area contributed by atoms with Crippen molar-refractivity contribution in [1.82, 2.24) is 10.2 Å². The van der Waals surface area contributed by atoms with Gasteiger partial charge in [-0.15, -0.1) is 5.11 Å². The second-order valence-electron chi connectivity index (χ2n) is 3.98. The molecule has 0 fully saturated rings. The Bertz CT molecular complexity index is 473. The van der Waals surface area contributed by atoms with Gasteiger partial charge in [-0.05, 0) is 30.7 Å². The largest absolute Gasteiger partial charge is 0.385 e. The van der Waals surface area contributed by atoms with Crippen LogP contribution in [-0.4, -0.2) is 16.7 Å². The minimum Gasteiger partial charge on any atom is -0.385 e. The van der Waals surface area contributed by atoms with Gasteiger partial charge in [0.2, 0.25) is 0 Å². The van der Waals surface area contributed by atoms with Crippen molar-refractivity contribution in [2.24, 2.45) is 10.2 Å². The lowest BCUT2D eigenvalue weighted by molar-refractivity contribution is 0.834. The third-order valence-electron chi connectivity index (χ3n) is 2.49. The highest BCUT2D eigenvalue weighted by Gasteiger charge is 1.93. The maximum absolute atomic E-state index is 4.12. The summed E-state index contributed by atoms with van der Waals surface area (Å²) in [5, 5.41) is 18.0. The summed E-state index contributed by atoms with van der Waals surface area (Å²) < 4.78 is 0. The maximum Gasteiger partial charge on any atom is 0.123 e. The van der Waals surface area contributed by atoms with Crippen LogP contribution in [0.15, 0.2) is 46.9 Å². The first-order valence-corrected chi connectivity index (χ1v) is 6.13. The summed E-state index contributed by atoms with van der Waals surface area (Å²) >= 11 is 0. The molecule has 0 saturated carbocycles. The van der Waals surface area contributed by atoms with Crippen LogP contribution in [0.4, 0.5) is 17.1 Å². The van der Waals surface area contributed by atoms with Crippen LogP contribution in [0.25, 0.3) is 0 Å². The van der Waals surface area contributed by atoms with Crippen LogP contribution in [0.1, 0.15) is 19.8 Å². The van der Waals surface area contributed by atoms with Gasteiger partial charge in [0, 0.05) is 18.4 Å². The number of H-pyrrole nitrogens is 1. The Kier molecular flexibility index (Phi) is 4.46. The fourth-order valence-corrected chi connectivity index (χ4v) is 1.47. The zero-order valence-corrected chi connectivity index (χ0v) is 10.4. The molecule has 0 aliphatic carbocycles. The third kappa shape index (κ3) is 3.69. The van der Waals surface area contributed by atoms with E-state index in [1.54, 1.807) is 12.4 Å². The number of anilines is 1. The van der Waals surface area contributed by atoms with Gasteiger partial charge in [-0.3, -0.25) is 5.10 Å². The summed E-state index contributed by atoms with van der Waals surface area (Å²) in [6.07, 6.45) is 5.71. The van der Waals surface area contributed by atoms with E-state index in [0.717, 1.165) is 23.6 Å². The van der Waals surface area contributed by atoms with Gasteiger partial charge in [0.15, 0.2) is 0 Å². The lowest BCUT2D eigenvalue weighted by Crippen LogP contribution is -1.99. The van der Waals surface area contributed by atoms with Gasteiger partial charge in [-0.2, -0.15) is 10.2 Å². The monoisotopic (exact) mass is 243 g/mol. The van der Waals surface area contributed by atoms with Gasteiger partial charge in [0.1, 0.15) is 5.69 Å². The molecular weight excluding hydrogens is 226 g/mol. The number of unbranched alkanes of at least 4 members (excludes halogenated alkanes) is 1. The van der Waals surface area contributed by atoms with E-state index in [1.807, 2.05) is 24.3 Å². The molecule has 0 saturated heterocycles. The molecule has 2 aromatic rings. The third-order valence-corrected chi connectivity index (χ3v) is 2.49. The Morgan fingerprint density at radius 3 is 2.61 bits per heavy atom. The zero-order valence-electron chi connectivity index (χ0n) is 10.4. The predicted molar refractivity (Wildman–Crippen MR) is 72.6 cm³/mol. The Balaban J connectivity index is 1.91. The van der Waals surface area contributed by atoms with E-state index < -0.39 is 0 Å². The smallest absolute Gasteiger partial charge is 0.123 e. The minimum atomic E-state index is 0.722. The second kappa shape index (κ2) is 6.54. The lowest BCUT2D eigenvalue weighted by atomic mass is 10.2. The fraction of sp³-hybridized carbons (Fsp3) is 0.308. The van der Waals surface area contributed by atoms with Crippen molar-refractivity contribution < 1.29 is 0 Å². The number of hydrogen-bond donors (Lipinski definition) is 2. The maximum atomic E-state index is 4.12. The minimum absolute atomic E-state index is 0.722. The molecule has 5 heteroatoms. The van der Waals surface area contributed by atoms with Crippen LogP contribution in [-0.2, 0) is 0 Å². The summed E-state index contributed by atoms with van der Waals surface area (Å²) in [4.78, 5) is 0.